The molecule has 4 rings (SSSR count). The number of anilines is 3. The fraction of sp³-hybridized carbons (Fsp3) is 0.444. The Bertz CT molecular complexity index is 884. The van der Waals surface area contributed by atoms with Gasteiger partial charge >= 0.3 is 12.1 Å². The van der Waals surface area contributed by atoms with Crippen molar-refractivity contribution < 1.29 is 23.1 Å². The summed E-state index contributed by atoms with van der Waals surface area (Å²) in [4.78, 5) is 28.4. The Hall–Kier alpha value is -3.37. The number of piperazine rings is 1. The molecule has 29 heavy (non-hydrogen) atoms. The SMILES string of the molecule is CC(=O)NCC1CN(c2ccc(N3CCN(c4nnco4)CC3)c(F)c2)C(=O)O1. The third-order valence-corrected chi connectivity index (χ3v) is 4.94. The Morgan fingerprint density at radius 2 is 2.03 bits per heavy atom. The molecule has 10 nitrogen and oxygen atoms in total. The zero-order valence-electron chi connectivity index (χ0n) is 15.9. The van der Waals surface area contributed by atoms with E-state index in [1.165, 1.54) is 24.3 Å². The smallest absolute Gasteiger partial charge is 0.414 e. The molecule has 1 unspecified atom stereocenters. The van der Waals surface area contributed by atoms with Crippen LogP contribution in [0, 0.1) is 5.82 Å². The number of carbonyl (C=O) groups excluding carboxylic acids is 2. The first-order valence-electron chi connectivity index (χ1n) is 9.29. The zero-order valence-corrected chi connectivity index (χ0v) is 15.9. The number of halogens is 1. The Labute approximate surface area is 166 Å². The lowest BCUT2D eigenvalue weighted by atomic mass is 10.2. The number of hydrogen-bond acceptors (Lipinski definition) is 8. The molecule has 2 fully saturated rings. The lowest BCUT2D eigenvalue weighted by molar-refractivity contribution is -0.119. The monoisotopic (exact) mass is 404 g/mol. The first kappa shape index (κ1) is 19.0. The van der Waals surface area contributed by atoms with Crippen LogP contribution in [0.25, 0.3) is 0 Å². The topological polar surface area (TPSA) is 104 Å². The van der Waals surface area contributed by atoms with Crippen molar-refractivity contribution >= 4 is 29.4 Å². The van der Waals surface area contributed by atoms with E-state index in [9.17, 15) is 14.0 Å². The van der Waals surface area contributed by atoms with Crippen LogP contribution in [0.15, 0.2) is 29.0 Å². The molecule has 2 amide bonds. The summed E-state index contributed by atoms with van der Waals surface area (Å²) in [7, 11) is 0. The van der Waals surface area contributed by atoms with Crippen LogP contribution < -0.4 is 20.0 Å². The van der Waals surface area contributed by atoms with E-state index < -0.39 is 18.0 Å². The van der Waals surface area contributed by atoms with Gasteiger partial charge in [-0.25, -0.2) is 9.18 Å². The van der Waals surface area contributed by atoms with Gasteiger partial charge in [0, 0.05) is 33.1 Å². The second-order valence-electron chi connectivity index (χ2n) is 6.88. The maximum atomic E-state index is 14.8. The van der Waals surface area contributed by atoms with E-state index >= 15 is 0 Å². The molecule has 0 saturated carbocycles. The van der Waals surface area contributed by atoms with Gasteiger partial charge in [0.15, 0.2) is 0 Å². The van der Waals surface area contributed by atoms with E-state index in [-0.39, 0.29) is 19.0 Å². The maximum absolute atomic E-state index is 14.8. The predicted molar refractivity (Wildman–Crippen MR) is 101 cm³/mol. The van der Waals surface area contributed by atoms with E-state index in [0.717, 1.165) is 0 Å². The van der Waals surface area contributed by atoms with Crippen LogP contribution in [-0.4, -0.2) is 67.6 Å². The van der Waals surface area contributed by atoms with Crippen LogP contribution in [0.5, 0.6) is 0 Å². The number of carbonyl (C=O) groups is 2. The molecule has 11 heteroatoms. The van der Waals surface area contributed by atoms with E-state index in [1.807, 2.05) is 9.80 Å². The summed E-state index contributed by atoms with van der Waals surface area (Å²) in [6, 6.07) is 5.16. The van der Waals surface area contributed by atoms with Crippen LogP contribution in [0.2, 0.25) is 0 Å². The van der Waals surface area contributed by atoms with E-state index in [4.69, 9.17) is 9.15 Å². The lowest BCUT2D eigenvalue weighted by Gasteiger charge is -2.35. The lowest BCUT2D eigenvalue weighted by Crippen LogP contribution is -2.47. The van der Waals surface area contributed by atoms with Gasteiger partial charge < -0.3 is 24.3 Å². The molecule has 2 aliphatic rings. The Morgan fingerprint density at radius 3 is 2.69 bits per heavy atom. The number of hydrogen-bond donors (Lipinski definition) is 1. The third kappa shape index (κ3) is 4.08. The second kappa shape index (κ2) is 7.94. The highest BCUT2D eigenvalue weighted by Crippen LogP contribution is 2.29. The highest BCUT2D eigenvalue weighted by Gasteiger charge is 2.33. The fourth-order valence-corrected chi connectivity index (χ4v) is 3.46. The first-order chi connectivity index (χ1) is 14.0. The van der Waals surface area contributed by atoms with Gasteiger partial charge in [0.05, 0.1) is 24.5 Å². The van der Waals surface area contributed by atoms with Crippen LogP contribution in [0.4, 0.5) is 26.6 Å². The van der Waals surface area contributed by atoms with Crippen molar-refractivity contribution in [2.75, 3.05) is 54.0 Å². The van der Waals surface area contributed by atoms with Crippen LogP contribution in [0.3, 0.4) is 0 Å². The quantitative estimate of drug-likeness (QED) is 0.787. The maximum Gasteiger partial charge on any atom is 0.414 e. The summed E-state index contributed by atoms with van der Waals surface area (Å²) in [5.74, 6) is -0.610. The molecule has 1 aromatic carbocycles. The number of amides is 2. The second-order valence-corrected chi connectivity index (χ2v) is 6.88. The minimum absolute atomic E-state index is 0.200. The molecular formula is C18H21FN6O4. The summed E-state index contributed by atoms with van der Waals surface area (Å²) in [6.07, 6.45) is 0.261. The third-order valence-electron chi connectivity index (χ3n) is 4.94. The van der Waals surface area contributed by atoms with E-state index in [1.54, 1.807) is 12.1 Å². The first-order valence-corrected chi connectivity index (χ1v) is 9.29. The largest absolute Gasteiger partial charge is 0.442 e. The summed E-state index contributed by atoms with van der Waals surface area (Å²) in [6.45, 7) is 4.33. The van der Waals surface area contributed by atoms with Crippen molar-refractivity contribution in [1.29, 1.82) is 0 Å². The number of rotatable bonds is 5. The van der Waals surface area contributed by atoms with Crippen molar-refractivity contribution in [3.63, 3.8) is 0 Å². The van der Waals surface area contributed by atoms with Crippen molar-refractivity contribution in [3.05, 3.63) is 30.4 Å². The number of aromatic nitrogens is 2. The molecular weight excluding hydrogens is 383 g/mol. The Balaban J connectivity index is 1.39. The molecule has 2 aliphatic heterocycles. The van der Waals surface area contributed by atoms with Gasteiger partial charge in [-0.15, -0.1) is 5.10 Å². The normalized spacial score (nSPS) is 19.4. The molecule has 2 saturated heterocycles. The fourth-order valence-electron chi connectivity index (χ4n) is 3.46. The highest BCUT2D eigenvalue weighted by molar-refractivity contribution is 5.90. The molecule has 0 spiro atoms. The van der Waals surface area contributed by atoms with Gasteiger partial charge in [-0.05, 0) is 18.2 Å². The standard InChI is InChI=1S/C18H21FN6O4/c1-12(26)20-9-14-10-25(18(27)29-14)13-2-3-16(15(19)8-13)23-4-6-24(7-5-23)17-22-21-11-28-17/h2-3,8,11,14H,4-7,9-10H2,1H3,(H,20,26). The minimum atomic E-state index is -0.555. The summed E-state index contributed by atoms with van der Waals surface area (Å²) >= 11 is 0. The number of nitrogens with one attached hydrogen (secondary N) is 1. The number of ether oxygens (including phenoxy) is 1. The van der Waals surface area contributed by atoms with Gasteiger partial charge in [0.2, 0.25) is 12.3 Å². The van der Waals surface area contributed by atoms with Crippen molar-refractivity contribution in [2.45, 2.75) is 13.0 Å². The zero-order chi connectivity index (χ0) is 20.4. The average Bonchev–Trinajstić information content (AvgIpc) is 3.36. The van der Waals surface area contributed by atoms with Crippen LogP contribution >= 0.6 is 0 Å². The molecule has 2 aromatic rings. The molecule has 1 aromatic heterocycles. The average molecular weight is 404 g/mol. The summed E-state index contributed by atoms with van der Waals surface area (Å²) in [5.41, 5.74) is 0.896. The minimum Gasteiger partial charge on any atom is -0.442 e. The van der Waals surface area contributed by atoms with E-state index in [0.29, 0.717) is 43.6 Å². The van der Waals surface area contributed by atoms with Crippen molar-refractivity contribution in [3.8, 4) is 0 Å². The van der Waals surface area contributed by atoms with Crippen molar-refractivity contribution in [2.24, 2.45) is 0 Å². The van der Waals surface area contributed by atoms with Crippen LogP contribution in [0.1, 0.15) is 6.92 Å². The van der Waals surface area contributed by atoms with Gasteiger partial charge in [0.1, 0.15) is 11.9 Å². The predicted octanol–water partition coefficient (Wildman–Crippen LogP) is 0.997. The Morgan fingerprint density at radius 1 is 1.28 bits per heavy atom. The number of nitrogens with zero attached hydrogens (tertiary/aromatic N) is 5. The van der Waals surface area contributed by atoms with Crippen molar-refractivity contribution in [1.82, 2.24) is 15.5 Å². The summed E-state index contributed by atoms with van der Waals surface area (Å²) in [5, 5.41) is 10.2. The van der Waals surface area contributed by atoms with Gasteiger partial charge in [0.25, 0.3) is 0 Å². The number of benzene rings is 1. The highest BCUT2D eigenvalue weighted by atomic mass is 19.1. The molecule has 0 aliphatic carbocycles. The molecule has 154 valence electrons. The molecule has 3 heterocycles. The van der Waals surface area contributed by atoms with Gasteiger partial charge in [-0.1, -0.05) is 5.10 Å². The molecule has 1 atom stereocenters. The van der Waals surface area contributed by atoms with Gasteiger partial charge in [-0.3, -0.25) is 9.69 Å². The molecule has 1 N–H and O–H groups in total. The molecule has 0 radical (unpaired) electrons. The summed E-state index contributed by atoms with van der Waals surface area (Å²) < 4.78 is 25.2. The van der Waals surface area contributed by atoms with E-state index in [2.05, 4.69) is 15.5 Å². The van der Waals surface area contributed by atoms with Crippen LogP contribution in [-0.2, 0) is 9.53 Å². The number of cyclic esters (lactones) is 1. The molecule has 0 bridgehead atoms. The Kier molecular flexibility index (Phi) is 5.19. The van der Waals surface area contributed by atoms with Gasteiger partial charge in [-0.2, -0.15) is 0 Å².